The van der Waals surface area contributed by atoms with Crippen molar-refractivity contribution >= 4 is 16.8 Å². The highest BCUT2D eigenvalue weighted by Crippen LogP contribution is 2.27. The van der Waals surface area contributed by atoms with Gasteiger partial charge >= 0.3 is 0 Å². The van der Waals surface area contributed by atoms with Gasteiger partial charge in [-0.25, -0.2) is 4.98 Å². The third-order valence-corrected chi connectivity index (χ3v) is 3.67. The van der Waals surface area contributed by atoms with Crippen molar-refractivity contribution in [1.82, 2.24) is 4.98 Å². The number of nitrogens with zero attached hydrogens (tertiary/aromatic N) is 1. The number of hydrogen-bond donors (Lipinski definition) is 1. The second-order valence-electron chi connectivity index (χ2n) is 5.19. The van der Waals surface area contributed by atoms with Crippen molar-refractivity contribution < 1.29 is 4.42 Å². The van der Waals surface area contributed by atoms with E-state index in [-0.39, 0.29) is 0 Å². The van der Waals surface area contributed by atoms with E-state index < -0.39 is 0 Å². The average Bonchev–Trinajstić information content (AvgIpc) is 3.00. The molecular weight excluding hydrogens is 272 g/mol. The maximum atomic E-state index is 5.79. The van der Waals surface area contributed by atoms with Gasteiger partial charge in [0.1, 0.15) is 5.52 Å². The highest BCUT2D eigenvalue weighted by atomic mass is 16.3. The zero-order valence-electron chi connectivity index (χ0n) is 11.9. The molecule has 0 aliphatic heterocycles. The quantitative estimate of drug-likeness (QED) is 0.541. The number of oxazole rings is 1. The highest BCUT2D eigenvalue weighted by Gasteiger charge is 2.07. The van der Waals surface area contributed by atoms with Crippen LogP contribution in [-0.4, -0.2) is 4.98 Å². The van der Waals surface area contributed by atoms with Crippen LogP contribution >= 0.6 is 0 Å². The second-order valence-corrected chi connectivity index (χ2v) is 5.19. The Balaban J connectivity index is 1.70. The van der Waals surface area contributed by atoms with E-state index in [1.807, 2.05) is 60.7 Å². The van der Waals surface area contributed by atoms with Crippen LogP contribution in [0.15, 0.2) is 77.2 Å². The van der Waals surface area contributed by atoms with Crippen molar-refractivity contribution in [1.29, 1.82) is 0 Å². The minimum Gasteiger partial charge on any atom is -0.436 e. The fourth-order valence-corrected chi connectivity index (χ4v) is 2.48. The maximum Gasteiger partial charge on any atom is 0.227 e. The predicted molar refractivity (Wildman–Crippen MR) is 89.3 cm³/mol. The number of fused-ring (bicyclic) bond motifs is 1. The predicted octanol–water partition coefficient (Wildman–Crippen LogP) is 4.74. The van der Waals surface area contributed by atoms with E-state index in [2.05, 4.69) is 17.1 Å². The van der Waals surface area contributed by atoms with Gasteiger partial charge in [0, 0.05) is 11.3 Å². The minimum atomic E-state index is 0.644. The maximum absolute atomic E-state index is 5.79. The Kier molecular flexibility index (Phi) is 2.90. The van der Waals surface area contributed by atoms with E-state index in [0.29, 0.717) is 5.89 Å². The van der Waals surface area contributed by atoms with Gasteiger partial charge in [0.15, 0.2) is 5.58 Å². The summed E-state index contributed by atoms with van der Waals surface area (Å²) in [5, 5.41) is 0. The van der Waals surface area contributed by atoms with Gasteiger partial charge in [-0.3, -0.25) is 0 Å². The Morgan fingerprint density at radius 3 is 1.95 bits per heavy atom. The smallest absolute Gasteiger partial charge is 0.227 e. The van der Waals surface area contributed by atoms with Gasteiger partial charge in [0.25, 0.3) is 0 Å². The van der Waals surface area contributed by atoms with Crippen molar-refractivity contribution in [3.63, 3.8) is 0 Å². The zero-order valence-corrected chi connectivity index (χ0v) is 11.9. The topological polar surface area (TPSA) is 52.0 Å². The number of anilines is 1. The first-order valence-corrected chi connectivity index (χ1v) is 7.11. The number of nitrogens with two attached hydrogens (primary N) is 1. The van der Waals surface area contributed by atoms with Crippen LogP contribution in [0.4, 0.5) is 5.69 Å². The molecule has 4 aromatic rings. The molecule has 0 bridgehead atoms. The van der Waals surface area contributed by atoms with E-state index >= 15 is 0 Å². The summed E-state index contributed by atoms with van der Waals surface area (Å²) in [7, 11) is 0. The number of nitrogen functional groups attached to an aromatic ring is 1. The molecule has 3 aromatic carbocycles. The molecule has 0 radical (unpaired) electrons. The summed E-state index contributed by atoms with van der Waals surface area (Å²) in [5.41, 5.74) is 11.4. The lowest BCUT2D eigenvalue weighted by atomic mass is 10.0. The van der Waals surface area contributed by atoms with Gasteiger partial charge < -0.3 is 10.2 Å². The molecule has 1 heterocycles. The van der Waals surface area contributed by atoms with Gasteiger partial charge in [-0.05, 0) is 47.5 Å². The Labute approximate surface area is 128 Å². The summed E-state index contributed by atoms with van der Waals surface area (Å²) < 4.78 is 5.79. The first kappa shape index (κ1) is 12.7. The van der Waals surface area contributed by atoms with Gasteiger partial charge in [-0.15, -0.1) is 0 Å². The molecule has 0 unspecified atom stereocenters. The molecule has 3 nitrogen and oxygen atoms in total. The van der Waals surface area contributed by atoms with Crippen LogP contribution in [0.3, 0.4) is 0 Å². The lowest BCUT2D eigenvalue weighted by Crippen LogP contribution is -1.84. The fraction of sp³-hybridized carbons (Fsp3) is 0. The summed E-state index contributed by atoms with van der Waals surface area (Å²) in [6.07, 6.45) is 0. The van der Waals surface area contributed by atoms with Crippen LogP contribution < -0.4 is 5.73 Å². The molecule has 4 rings (SSSR count). The Morgan fingerprint density at radius 2 is 1.27 bits per heavy atom. The van der Waals surface area contributed by atoms with Crippen LogP contribution in [0, 0.1) is 0 Å². The van der Waals surface area contributed by atoms with E-state index in [0.717, 1.165) is 33.5 Å². The molecule has 0 fully saturated rings. The zero-order chi connectivity index (χ0) is 14.9. The average molecular weight is 286 g/mol. The van der Waals surface area contributed by atoms with Crippen molar-refractivity contribution in [2.24, 2.45) is 0 Å². The lowest BCUT2D eigenvalue weighted by Gasteiger charge is -2.03. The first-order valence-electron chi connectivity index (χ1n) is 7.11. The van der Waals surface area contributed by atoms with Gasteiger partial charge in [0.2, 0.25) is 5.89 Å². The Hall–Kier alpha value is -3.07. The summed E-state index contributed by atoms with van der Waals surface area (Å²) in [6, 6.07) is 23.8. The summed E-state index contributed by atoms with van der Waals surface area (Å²) >= 11 is 0. The van der Waals surface area contributed by atoms with Crippen molar-refractivity contribution in [3.8, 4) is 22.6 Å². The molecule has 0 saturated carbocycles. The summed E-state index contributed by atoms with van der Waals surface area (Å²) in [6.45, 7) is 0. The van der Waals surface area contributed by atoms with E-state index in [4.69, 9.17) is 10.2 Å². The highest BCUT2D eigenvalue weighted by molar-refractivity contribution is 5.76. The van der Waals surface area contributed by atoms with Crippen molar-refractivity contribution in [2.75, 3.05) is 5.73 Å². The molecule has 0 saturated heterocycles. The van der Waals surface area contributed by atoms with Crippen LogP contribution in [0.1, 0.15) is 0 Å². The van der Waals surface area contributed by atoms with Crippen LogP contribution in [0.2, 0.25) is 0 Å². The van der Waals surface area contributed by atoms with Crippen LogP contribution in [0.25, 0.3) is 33.7 Å². The van der Waals surface area contributed by atoms with E-state index in [9.17, 15) is 0 Å². The monoisotopic (exact) mass is 286 g/mol. The summed E-state index contributed by atoms with van der Waals surface area (Å²) in [4.78, 5) is 4.51. The van der Waals surface area contributed by atoms with Crippen LogP contribution in [0.5, 0.6) is 0 Å². The molecule has 1 aromatic heterocycles. The van der Waals surface area contributed by atoms with E-state index in [1.165, 1.54) is 0 Å². The molecule has 0 atom stereocenters. The molecule has 0 amide bonds. The van der Waals surface area contributed by atoms with Gasteiger partial charge in [-0.1, -0.05) is 36.4 Å². The molecule has 0 spiro atoms. The molecule has 0 aliphatic carbocycles. The largest absolute Gasteiger partial charge is 0.436 e. The fourth-order valence-electron chi connectivity index (χ4n) is 2.48. The van der Waals surface area contributed by atoms with Gasteiger partial charge in [0.05, 0.1) is 0 Å². The Bertz CT molecular complexity index is 889. The standard InChI is InChI=1S/C19H14N2O/c20-16-11-9-14(10-12-16)13-5-7-15(8-6-13)19-21-17-3-1-2-4-18(17)22-19/h1-12H,20H2. The normalized spacial score (nSPS) is 10.9. The third-order valence-electron chi connectivity index (χ3n) is 3.67. The second kappa shape index (κ2) is 5.04. The Morgan fingerprint density at radius 1 is 0.682 bits per heavy atom. The lowest BCUT2D eigenvalue weighted by molar-refractivity contribution is 0.620. The van der Waals surface area contributed by atoms with Gasteiger partial charge in [-0.2, -0.15) is 0 Å². The number of rotatable bonds is 2. The SMILES string of the molecule is Nc1ccc(-c2ccc(-c3nc4ccccc4o3)cc2)cc1. The van der Waals surface area contributed by atoms with Crippen molar-refractivity contribution in [3.05, 3.63) is 72.8 Å². The van der Waals surface area contributed by atoms with Crippen molar-refractivity contribution in [2.45, 2.75) is 0 Å². The molecule has 0 aliphatic rings. The van der Waals surface area contributed by atoms with Crippen LogP contribution in [-0.2, 0) is 0 Å². The molecular formula is C19H14N2O. The minimum absolute atomic E-state index is 0.644. The molecule has 2 N–H and O–H groups in total. The van der Waals surface area contributed by atoms with E-state index in [1.54, 1.807) is 0 Å². The number of aromatic nitrogens is 1. The number of benzene rings is 3. The molecule has 22 heavy (non-hydrogen) atoms. The molecule has 3 heteroatoms. The summed E-state index contributed by atoms with van der Waals surface area (Å²) in [5.74, 6) is 0.644. The third kappa shape index (κ3) is 2.23. The molecule has 106 valence electrons. The first-order chi connectivity index (χ1) is 10.8. The number of hydrogen-bond acceptors (Lipinski definition) is 3. The number of para-hydroxylation sites is 2.